The normalized spacial score (nSPS) is 20.1. The topological polar surface area (TPSA) is 69.7 Å². The van der Waals surface area contributed by atoms with Gasteiger partial charge in [-0.3, -0.25) is 14.5 Å². The van der Waals surface area contributed by atoms with E-state index in [0.717, 1.165) is 24.2 Å². The SMILES string of the molecule is CCCNC(=O)CN1C(=O)CN(C2CC2)C1=O. The van der Waals surface area contributed by atoms with E-state index in [0.29, 0.717) is 6.54 Å². The van der Waals surface area contributed by atoms with E-state index in [2.05, 4.69) is 5.32 Å². The lowest BCUT2D eigenvalue weighted by molar-refractivity contribution is -0.130. The quantitative estimate of drug-likeness (QED) is 0.683. The van der Waals surface area contributed by atoms with Gasteiger partial charge in [0, 0.05) is 12.6 Å². The van der Waals surface area contributed by atoms with Gasteiger partial charge in [0.15, 0.2) is 0 Å². The zero-order valence-corrected chi connectivity index (χ0v) is 9.94. The lowest BCUT2D eigenvalue weighted by Gasteiger charge is -2.16. The molecule has 4 amide bonds. The van der Waals surface area contributed by atoms with E-state index in [1.54, 1.807) is 4.90 Å². The van der Waals surface area contributed by atoms with Gasteiger partial charge in [-0.1, -0.05) is 6.92 Å². The van der Waals surface area contributed by atoms with Crippen molar-refractivity contribution in [2.75, 3.05) is 19.6 Å². The van der Waals surface area contributed by atoms with Crippen LogP contribution in [-0.4, -0.2) is 53.3 Å². The molecule has 0 spiro atoms. The first kappa shape index (κ1) is 11.9. The van der Waals surface area contributed by atoms with Crippen molar-refractivity contribution in [1.82, 2.24) is 15.1 Å². The highest BCUT2D eigenvalue weighted by Gasteiger charge is 2.44. The first-order valence-corrected chi connectivity index (χ1v) is 6.01. The van der Waals surface area contributed by atoms with E-state index >= 15 is 0 Å². The molecule has 6 heteroatoms. The monoisotopic (exact) mass is 239 g/mol. The van der Waals surface area contributed by atoms with Crippen LogP contribution in [-0.2, 0) is 9.59 Å². The predicted molar refractivity (Wildman–Crippen MR) is 60.1 cm³/mol. The third kappa shape index (κ3) is 2.57. The number of hydrogen-bond donors (Lipinski definition) is 1. The highest BCUT2D eigenvalue weighted by Crippen LogP contribution is 2.30. The Morgan fingerprint density at radius 2 is 2.12 bits per heavy atom. The van der Waals surface area contributed by atoms with Crippen molar-refractivity contribution in [3.8, 4) is 0 Å². The van der Waals surface area contributed by atoms with E-state index in [-0.39, 0.29) is 37.0 Å². The van der Waals surface area contributed by atoms with Crippen molar-refractivity contribution in [3.63, 3.8) is 0 Å². The van der Waals surface area contributed by atoms with Crippen LogP contribution in [0, 0.1) is 0 Å². The summed E-state index contributed by atoms with van der Waals surface area (Å²) in [5, 5.41) is 2.66. The summed E-state index contributed by atoms with van der Waals surface area (Å²) in [6.07, 6.45) is 2.77. The lowest BCUT2D eigenvalue weighted by Crippen LogP contribution is -2.41. The standard InChI is InChI=1S/C11H17N3O3/c1-2-5-12-9(15)6-14-10(16)7-13(11(14)17)8-3-4-8/h8H,2-7H2,1H3,(H,12,15). The molecule has 1 N–H and O–H groups in total. The molecule has 0 aromatic carbocycles. The molecular weight excluding hydrogens is 222 g/mol. The molecule has 0 bridgehead atoms. The summed E-state index contributed by atoms with van der Waals surface area (Å²) in [6.45, 7) is 2.49. The molecule has 1 saturated carbocycles. The Labute approximate surface area is 99.9 Å². The second kappa shape index (κ2) is 4.73. The molecule has 17 heavy (non-hydrogen) atoms. The van der Waals surface area contributed by atoms with Crippen molar-refractivity contribution in [2.45, 2.75) is 32.2 Å². The van der Waals surface area contributed by atoms with Crippen LogP contribution in [0.15, 0.2) is 0 Å². The van der Waals surface area contributed by atoms with E-state index in [4.69, 9.17) is 0 Å². The van der Waals surface area contributed by atoms with E-state index in [1.165, 1.54) is 0 Å². The number of amides is 4. The van der Waals surface area contributed by atoms with Crippen molar-refractivity contribution < 1.29 is 14.4 Å². The largest absolute Gasteiger partial charge is 0.355 e. The third-order valence-electron chi connectivity index (χ3n) is 2.94. The summed E-state index contributed by atoms with van der Waals surface area (Å²) in [4.78, 5) is 37.6. The van der Waals surface area contributed by atoms with E-state index < -0.39 is 0 Å². The van der Waals surface area contributed by atoms with Crippen LogP contribution in [0.1, 0.15) is 26.2 Å². The number of urea groups is 1. The maximum atomic E-state index is 11.9. The molecule has 1 aliphatic heterocycles. The molecule has 2 aliphatic rings. The molecule has 6 nitrogen and oxygen atoms in total. The van der Waals surface area contributed by atoms with Crippen LogP contribution in [0.3, 0.4) is 0 Å². The predicted octanol–water partition coefficient (Wildman–Crippen LogP) is -0.0608. The van der Waals surface area contributed by atoms with Crippen LogP contribution in [0.4, 0.5) is 4.79 Å². The highest BCUT2D eigenvalue weighted by molar-refractivity contribution is 6.04. The maximum Gasteiger partial charge on any atom is 0.327 e. The zero-order chi connectivity index (χ0) is 12.4. The van der Waals surface area contributed by atoms with Gasteiger partial charge in [-0.15, -0.1) is 0 Å². The molecule has 94 valence electrons. The van der Waals surface area contributed by atoms with Crippen molar-refractivity contribution in [2.24, 2.45) is 0 Å². The number of rotatable bonds is 5. The van der Waals surface area contributed by atoms with Crippen LogP contribution >= 0.6 is 0 Å². The van der Waals surface area contributed by atoms with Gasteiger partial charge < -0.3 is 10.2 Å². The number of nitrogens with zero attached hydrogens (tertiary/aromatic N) is 2. The van der Waals surface area contributed by atoms with Crippen LogP contribution in [0.2, 0.25) is 0 Å². The summed E-state index contributed by atoms with van der Waals surface area (Å²) in [5.41, 5.74) is 0. The van der Waals surface area contributed by atoms with E-state index in [9.17, 15) is 14.4 Å². The van der Waals surface area contributed by atoms with Crippen LogP contribution in [0.25, 0.3) is 0 Å². The molecule has 0 aromatic heterocycles. The summed E-state index contributed by atoms with van der Waals surface area (Å²) in [5.74, 6) is -0.542. The van der Waals surface area contributed by atoms with E-state index in [1.807, 2.05) is 6.92 Å². The second-order valence-corrected chi connectivity index (χ2v) is 4.47. The first-order chi connectivity index (χ1) is 8.13. The van der Waals surface area contributed by atoms with Crippen molar-refractivity contribution >= 4 is 17.8 Å². The number of hydrogen-bond acceptors (Lipinski definition) is 3. The minimum atomic E-state index is -0.316. The molecule has 1 aliphatic carbocycles. The average molecular weight is 239 g/mol. The molecule has 1 heterocycles. The number of carbonyl (C=O) groups is 3. The second-order valence-electron chi connectivity index (χ2n) is 4.47. The average Bonchev–Trinajstić information content (AvgIpc) is 3.09. The summed E-state index contributed by atoms with van der Waals surface area (Å²) < 4.78 is 0. The lowest BCUT2D eigenvalue weighted by atomic mass is 10.4. The Kier molecular flexibility index (Phi) is 3.31. The maximum absolute atomic E-state index is 11.9. The van der Waals surface area contributed by atoms with Gasteiger partial charge in [-0.2, -0.15) is 0 Å². The molecule has 0 radical (unpaired) electrons. The number of imide groups is 1. The summed E-state index contributed by atoms with van der Waals surface area (Å²) in [6, 6.07) is -0.0979. The highest BCUT2D eigenvalue weighted by atomic mass is 16.2. The van der Waals surface area contributed by atoms with Gasteiger partial charge in [0.2, 0.25) is 5.91 Å². The van der Waals surface area contributed by atoms with Crippen molar-refractivity contribution in [3.05, 3.63) is 0 Å². The fourth-order valence-corrected chi connectivity index (χ4v) is 1.85. The number of carbonyl (C=O) groups excluding carboxylic acids is 3. The van der Waals surface area contributed by atoms with Crippen molar-refractivity contribution in [1.29, 1.82) is 0 Å². The molecule has 2 rings (SSSR count). The minimum Gasteiger partial charge on any atom is -0.355 e. The minimum absolute atomic E-state index is 0.130. The van der Waals surface area contributed by atoms with Gasteiger partial charge >= 0.3 is 6.03 Å². The van der Waals surface area contributed by atoms with Gasteiger partial charge in [0.1, 0.15) is 13.1 Å². The zero-order valence-electron chi connectivity index (χ0n) is 9.94. The molecule has 1 saturated heterocycles. The van der Waals surface area contributed by atoms with Gasteiger partial charge in [-0.25, -0.2) is 4.79 Å². The Morgan fingerprint density at radius 3 is 2.71 bits per heavy atom. The molecule has 2 fully saturated rings. The molecule has 0 aromatic rings. The van der Waals surface area contributed by atoms with Crippen LogP contribution in [0.5, 0.6) is 0 Å². The number of nitrogens with one attached hydrogen (secondary N) is 1. The van der Waals surface area contributed by atoms with Gasteiger partial charge in [0.05, 0.1) is 0 Å². The Balaban J connectivity index is 1.89. The summed E-state index contributed by atoms with van der Waals surface area (Å²) in [7, 11) is 0. The van der Waals surface area contributed by atoms with Gasteiger partial charge in [0.25, 0.3) is 5.91 Å². The fraction of sp³-hybridized carbons (Fsp3) is 0.727. The van der Waals surface area contributed by atoms with Crippen LogP contribution < -0.4 is 5.32 Å². The van der Waals surface area contributed by atoms with Gasteiger partial charge in [-0.05, 0) is 19.3 Å². The Morgan fingerprint density at radius 1 is 1.41 bits per heavy atom. The Bertz CT molecular complexity index is 352. The third-order valence-corrected chi connectivity index (χ3v) is 2.94. The summed E-state index contributed by atoms with van der Waals surface area (Å²) >= 11 is 0. The first-order valence-electron chi connectivity index (χ1n) is 6.01. The Hall–Kier alpha value is -1.59. The fourth-order valence-electron chi connectivity index (χ4n) is 1.85. The smallest absolute Gasteiger partial charge is 0.327 e. The molecule has 0 atom stereocenters. The molecular formula is C11H17N3O3. The molecule has 0 unspecified atom stereocenters.